The van der Waals surface area contributed by atoms with Crippen molar-refractivity contribution >= 4 is 18.3 Å². The van der Waals surface area contributed by atoms with Crippen LogP contribution in [-0.4, -0.2) is 44.9 Å². The van der Waals surface area contributed by atoms with Gasteiger partial charge in [0.25, 0.3) is 5.91 Å². The molecule has 0 spiro atoms. The van der Waals surface area contributed by atoms with Crippen LogP contribution >= 0.6 is 12.4 Å². The van der Waals surface area contributed by atoms with Crippen LogP contribution in [0.25, 0.3) is 0 Å². The summed E-state index contributed by atoms with van der Waals surface area (Å²) in [6.07, 6.45) is 1.41. The smallest absolute Gasteiger partial charge is 0.252 e. The fraction of sp³-hybridized carbons (Fsp3) is 0.632. The quantitative estimate of drug-likeness (QED) is 0.754. The molecule has 2 N–H and O–H groups in total. The molecule has 0 radical (unpaired) electrons. The lowest BCUT2D eigenvalue weighted by atomic mass is 9.90. The summed E-state index contributed by atoms with van der Waals surface area (Å²) in [7, 11) is 3.22. The standard InChI is InChI=1S/C19H30N2O4.ClH/c1-13(2)25-16-7-6-15(12-17(16)23-4)14(3)21-18(22)19(24-5)8-10-20-11-9-19;/h6-7,12-14,20H,8-11H2,1-5H3,(H,21,22);1H. The van der Waals surface area contributed by atoms with Gasteiger partial charge in [0.05, 0.1) is 19.3 Å². The molecule has 0 aliphatic carbocycles. The molecular weight excluding hydrogens is 356 g/mol. The third-order valence-corrected chi connectivity index (χ3v) is 4.61. The summed E-state index contributed by atoms with van der Waals surface area (Å²) in [5.74, 6) is 1.30. The lowest BCUT2D eigenvalue weighted by molar-refractivity contribution is -0.147. The van der Waals surface area contributed by atoms with E-state index in [0.29, 0.717) is 24.3 Å². The number of halogens is 1. The Morgan fingerprint density at radius 3 is 2.35 bits per heavy atom. The van der Waals surface area contributed by atoms with E-state index < -0.39 is 5.60 Å². The zero-order valence-electron chi connectivity index (χ0n) is 16.3. The maximum atomic E-state index is 12.8. The number of hydrogen-bond donors (Lipinski definition) is 2. The van der Waals surface area contributed by atoms with Crippen molar-refractivity contribution in [3.8, 4) is 11.5 Å². The molecule has 7 heteroatoms. The maximum absolute atomic E-state index is 12.8. The number of piperidine rings is 1. The second kappa shape index (κ2) is 10.00. The molecule has 26 heavy (non-hydrogen) atoms. The number of nitrogens with one attached hydrogen (secondary N) is 2. The van der Waals surface area contributed by atoms with Gasteiger partial charge in [-0.15, -0.1) is 12.4 Å². The molecule has 1 aliphatic rings. The molecule has 148 valence electrons. The average molecular weight is 387 g/mol. The highest BCUT2D eigenvalue weighted by Crippen LogP contribution is 2.31. The largest absolute Gasteiger partial charge is 0.493 e. The summed E-state index contributed by atoms with van der Waals surface area (Å²) < 4.78 is 16.8. The molecule has 0 aromatic heterocycles. The topological polar surface area (TPSA) is 68.8 Å². The van der Waals surface area contributed by atoms with Crippen molar-refractivity contribution in [1.82, 2.24) is 10.6 Å². The third-order valence-electron chi connectivity index (χ3n) is 4.61. The zero-order chi connectivity index (χ0) is 18.4. The first-order valence-corrected chi connectivity index (χ1v) is 8.83. The number of carbonyl (C=O) groups excluding carboxylic acids is 1. The fourth-order valence-electron chi connectivity index (χ4n) is 3.07. The van der Waals surface area contributed by atoms with Crippen molar-refractivity contribution in [2.75, 3.05) is 27.3 Å². The summed E-state index contributed by atoms with van der Waals surface area (Å²) in [6, 6.07) is 5.59. The van der Waals surface area contributed by atoms with Crippen LogP contribution in [0.3, 0.4) is 0 Å². The molecule has 1 aromatic carbocycles. The summed E-state index contributed by atoms with van der Waals surface area (Å²) in [5, 5.41) is 6.34. The number of ether oxygens (including phenoxy) is 3. The van der Waals surface area contributed by atoms with Crippen LogP contribution in [0.15, 0.2) is 18.2 Å². The molecule has 2 rings (SSSR count). The Balaban J connectivity index is 0.00000338. The van der Waals surface area contributed by atoms with Gasteiger partial charge in [-0.3, -0.25) is 4.79 Å². The molecule has 1 fully saturated rings. The first-order chi connectivity index (χ1) is 11.9. The minimum Gasteiger partial charge on any atom is -0.493 e. The van der Waals surface area contributed by atoms with Crippen LogP contribution in [-0.2, 0) is 9.53 Å². The van der Waals surface area contributed by atoms with Gasteiger partial charge in [-0.1, -0.05) is 6.07 Å². The normalized spacial score (nSPS) is 17.2. The van der Waals surface area contributed by atoms with E-state index in [1.165, 1.54) is 0 Å². The van der Waals surface area contributed by atoms with Crippen molar-refractivity contribution in [2.24, 2.45) is 0 Å². The fourth-order valence-corrected chi connectivity index (χ4v) is 3.07. The van der Waals surface area contributed by atoms with Crippen molar-refractivity contribution in [3.63, 3.8) is 0 Å². The molecule has 0 saturated carbocycles. The average Bonchev–Trinajstić information content (AvgIpc) is 2.61. The van der Waals surface area contributed by atoms with Crippen molar-refractivity contribution in [3.05, 3.63) is 23.8 Å². The van der Waals surface area contributed by atoms with E-state index in [1.54, 1.807) is 14.2 Å². The van der Waals surface area contributed by atoms with E-state index in [1.807, 2.05) is 39.0 Å². The minimum absolute atomic E-state index is 0. The first-order valence-electron chi connectivity index (χ1n) is 8.83. The number of hydrogen-bond acceptors (Lipinski definition) is 5. The molecule has 1 amide bonds. The predicted molar refractivity (Wildman–Crippen MR) is 104 cm³/mol. The Morgan fingerprint density at radius 2 is 1.81 bits per heavy atom. The van der Waals surface area contributed by atoms with Gasteiger partial charge in [-0.25, -0.2) is 0 Å². The number of amides is 1. The predicted octanol–water partition coefficient (Wildman–Crippen LogP) is 2.85. The number of carbonyl (C=O) groups is 1. The lowest BCUT2D eigenvalue weighted by Crippen LogP contribution is -2.54. The van der Waals surface area contributed by atoms with Crippen LogP contribution in [0, 0.1) is 0 Å². The van der Waals surface area contributed by atoms with Gasteiger partial charge < -0.3 is 24.8 Å². The zero-order valence-corrected chi connectivity index (χ0v) is 17.1. The maximum Gasteiger partial charge on any atom is 0.252 e. The van der Waals surface area contributed by atoms with Gasteiger partial charge in [0.15, 0.2) is 11.5 Å². The molecule has 1 aliphatic heterocycles. The van der Waals surface area contributed by atoms with Crippen molar-refractivity contribution in [2.45, 2.75) is 51.4 Å². The Hall–Kier alpha value is -1.50. The molecule has 1 atom stereocenters. The van der Waals surface area contributed by atoms with Gasteiger partial charge in [0.2, 0.25) is 0 Å². The van der Waals surface area contributed by atoms with E-state index in [2.05, 4.69) is 10.6 Å². The second-order valence-corrected chi connectivity index (χ2v) is 6.72. The Kier molecular flexibility index (Phi) is 8.67. The molecule has 6 nitrogen and oxygen atoms in total. The highest BCUT2D eigenvalue weighted by Gasteiger charge is 2.40. The molecule has 1 unspecified atom stereocenters. The summed E-state index contributed by atoms with van der Waals surface area (Å²) in [6.45, 7) is 7.47. The van der Waals surface area contributed by atoms with Gasteiger partial charge in [0.1, 0.15) is 5.60 Å². The van der Waals surface area contributed by atoms with E-state index in [0.717, 1.165) is 18.7 Å². The van der Waals surface area contributed by atoms with E-state index in [4.69, 9.17) is 14.2 Å². The molecule has 1 heterocycles. The molecular formula is C19H31ClN2O4. The lowest BCUT2D eigenvalue weighted by Gasteiger charge is -2.35. The van der Waals surface area contributed by atoms with Crippen LogP contribution in [0.2, 0.25) is 0 Å². The van der Waals surface area contributed by atoms with Crippen LogP contribution in [0.5, 0.6) is 11.5 Å². The van der Waals surface area contributed by atoms with Crippen LogP contribution < -0.4 is 20.1 Å². The third kappa shape index (κ3) is 5.25. The van der Waals surface area contributed by atoms with E-state index in [-0.39, 0.29) is 30.5 Å². The highest BCUT2D eigenvalue weighted by atomic mass is 35.5. The summed E-state index contributed by atoms with van der Waals surface area (Å²) in [5.41, 5.74) is 0.214. The Labute approximate surface area is 162 Å². The summed E-state index contributed by atoms with van der Waals surface area (Å²) >= 11 is 0. The second-order valence-electron chi connectivity index (χ2n) is 6.72. The number of methoxy groups -OCH3 is 2. The van der Waals surface area contributed by atoms with Gasteiger partial charge >= 0.3 is 0 Å². The monoisotopic (exact) mass is 386 g/mol. The highest BCUT2D eigenvalue weighted by molar-refractivity contribution is 5.86. The van der Waals surface area contributed by atoms with Crippen molar-refractivity contribution in [1.29, 1.82) is 0 Å². The Morgan fingerprint density at radius 1 is 1.15 bits per heavy atom. The number of rotatable bonds is 7. The van der Waals surface area contributed by atoms with Crippen LogP contribution in [0.1, 0.15) is 45.2 Å². The first kappa shape index (κ1) is 22.5. The van der Waals surface area contributed by atoms with Crippen LogP contribution in [0.4, 0.5) is 0 Å². The Bertz CT molecular complexity index is 589. The molecule has 0 bridgehead atoms. The SMILES string of the molecule is COc1cc(C(C)NC(=O)C2(OC)CCNCC2)ccc1OC(C)C.Cl. The van der Waals surface area contributed by atoms with E-state index in [9.17, 15) is 4.79 Å². The summed E-state index contributed by atoms with van der Waals surface area (Å²) in [4.78, 5) is 12.8. The van der Waals surface area contributed by atoms with Gasteiger partial charge in [0, 0.05) is 7.11 Å². The minimum atomic E-state index is -0.746. The van der Waals surface area contributed by atoms with Gasteiger partial charge in [-0.05, 0) is 64.4 Å². The molecule has 1 saturated heterocycles. The molecule has 1 aromatic rings. The van der Waals surface area contributed by atoms with E-state index >= 15 is 0 Å². The number of benzene rings is 1. The van der Waals surface area contributed by atoms with Gasteiger partial charge in [-0.2, -0.15) is 0 Å². The van der Waals surface area contributed by atoms with Crippen molar-refractivity contribution < 1.29 is 19.0 Å².